The minimum Gasteiger partial charge on any atom is -0.376 e. The highest BCUT2D eigenvalue weighted by molar-refractivity contribution is 7.10. The van der Waals surface area contributed by atoms with Gasteiger partial charge in [0, 0.05) is 12.0 Å². The highest BCUT2D eigenvalue weighted by atomic mass is 32.1. The molecule has 0 saturated heterocycles. The van der Waals surface area contributed by atoms with Gasteiger partial charge < -0.3 is 10.1 Å². The molecule has 102 valence electrons. The smallest absolute Gasteiger partial charge is 0.0880 e. The van der Waals surface area contributed by atoms with Gasteiger partial charge in [-0.2, -0.15) is 0 Å². The first-order valence-corrected chi connectivity index (χ1v) is 7.88. The fourth-order valence-corrected chi connectivity index (χ4v) is 4.39. The Bertz CT molecular complexity index is 366. The van der Waals surface area contributed by atoms with Crippen molar-refractivity contribution >= 4 is 11.3 Å². The summed E-state index contributed by atoms with van der Waals surface area (Å²) < 4.78 is 6.03. The number of nitrogens with one attached hydrogen (secondary N) is 1. The summed E-state index contributed by atoms with van der Waals surface area (Å²) in [5.41, 5.74) is 1.38. The van der Waals surface area contributed by atoms with Gasteiger partial charge in [0.05, 0.1) is 11.6 Å². The second-order valence-electron chi connectivity index (χ2n) is 5.37. The maximum atomic E-state index is 6.03. The molecule has 0 aliphatic heterocycles. The molecule has 0 amide bonds. The Morgan fingerprint density at radius 2 is 1.94 bits per heavy atom. The average Bonchev–Trinajstić information content (AvgIpc) is 2.67. The third-order valence-electron chi connectivity index (χ3n) is 4.34. The van der Waals surface area contributed by atoms with Crippen LogP contribution in [0.15, 0.2) is 11.4 Å². The van der Waals surface area contributed by atoms with Crippen LogP contribution < -0.4 is 5.32 Å². The lowest BCUT2D eigenvalue weighted by Gasteiger charge is -2.39. The van der Waals surface area contributed by atoms with E-state index in [1.54, 1.807) is 0 Å². The second kappa shape index (κ2) is 6.18. The van der Waals surface area contributed by atoms with Crippen molar-refractivity contribution < 1.29 is 4.74 Å². The minimum absolute atomic E-state index is 0.0130. The molecule has 18 heavy (non-hydrogen) atoms. The summed E-state index contributed by atoms with van der Waals surface area (Å²) in [4.78, 5) is 1.45. The molecule has 3 heteroatoms. The van der Waals surface area contributed by atoms with Crippen LogP contribution in [0.4, 0.5) is 0 Å². The highest BCUT2D eigenvalue weighted by Gasteiger charge is 2.40. The van der Waals surface area contributed by atoms with E-state index in [2.05, 4.69) is 30.7 Å². The molecule has 0 bridgehead atoms. The zero-order valence-electron chi connectivity index (χ0n) is 11.8. The maximum absolute atomic E-state index is 6.03. The number of hydrogen-bond donors (Lipinski definition) is 1. The third-order valence-corrected chi connectivity index (χ3v) is 5.42. The number of aryl methyl sites for hydroxylation is 1. The summed E-state index contributed by atoms with van der Waals surface area (Å²) in [7, 11) is 3.95. The van der Waals surface area contributed by atoms with Crippen molar-refractivity contribution in [2.45, 2.75) is 57.1 Å². The predicted molar refractivity (Wildman–Crippen MR) is 78.3 cm³/mol. The maximum Gasteiger partial charge on any atom is 0.0880 e. The van der Waals surface area contributed by atoms with Crippen molar-refractivity contribution in [3.8, 4) is 0 Å². The zero-order valence-corrected chi connectivity index (χ0v) is 12.6. The summed E-state index contributed by atoms with van der Waals surface area (Å²) in [6.07, 6.45) is 7.63. The molecule has 1 aliphatic rings. The number of likely N-dealkylation sites (N-methyl/N-ethyl adjacent to an activating group) is 1. The van der Waals surface area contributed by atoms with E-state index in [1.807, 2.05) is 18.4 Å². The van der Waals surface area contributed by atoms with Crippen LogP contribution in [0.3, 0.4) is 0 Å². The molecule has 1 aromatic heterocycles. The Balaban J connectivity index is 2.30. The van der Waals surface area contributed by atoms with E-state index in [-0.39, 0.29) is 5.60 Å². The Kier molecular flexibility index (Phi) is 4.82. The molecule has 1 unspecified atom stereocenters. The number of hydrogen-bond acceptors (Lipinski definition) is 3. The Hall–Kier alpha value is -0.380. The fourth-order valence-electron chi connectivity index (χ4n) is 3.25. The number of ether oxygens (including phenoxy) is 1. The molecule has 2 rings (SSSR count). The van der Waals surface area contributed by atoms with Crippen molar-refractivity contribution in [3.05, 3.63) is 21.9 Å². The van der Waals surface area contributed by atoms with Gasteiger partial charge in [-0.05, 0) is 43.8 Å². The van der Waals surface area contributed by atoms with Gasteiger partial charge in [-0.3, -0.25) is 0 Å². The van der Waals surface area contributed by atoms with Crippen molar-refractivity contribution in [3.63, 3.8) is 0 Å². The molecule has 1 heterocycles. The first-order valence-electron chi connectivity index (χ1n) is 7.00. The number of thiophene rings is 1. The molecule has 1 N–H and O–H groups in total. The Morgan fingerprint density at radius 1 is 1.28 bits per heavy atom. The average molecular weight is 267 g/mol. The lowest BCUT2D eigenvalue weighted by Crippen LogP contribution is -2.44. The van der Waals surface area contributed by atoms with Crippen LogP contribution in [0, 0.1) is 6.92 Å². The minimum atomic E-state index is -0.0130. The van der Waals surface area contributed by atoms with E-state index in [9.17, 15) is 0 Å². The molecule has 1 aliphatic carbocycles. The van der Waals surface area contributed by atoms with Gasteiger partial charge in [-0.25, -0.2) is 0 Å². The van der Waals surface area contributed by atoms with E-state index in [0.717, 1.165) is 0 Å². The molecular formula is C15H25NOS. The first-order chi connectivity index (χ1) is 8.73. The van der Waals surface area contributed by atoms with E-state index in [4.69, 9.17) is 4.74 Å². The summed E-state index contributed by atoms with van der Waals surface area (Å²) in [5, 5.41) is 5.71. The summed E-state index contributed by atoms with van der Waals surface area (Å²) in [6.45, 7) is 2.20. The fraction of sp³-hybridized carbons (Fsp3) is 0.733. The Morgan fingerprint density at radius 3 is 2.39 bits per heavy atom. The van der Waals surface area contributed by atoms with Gasteiger partial charge in [0.15, 0.2) is 0 Å². The van der Waals surface area contributed by atoms with Gasteiger partial charge in [0.2, 0.25) is 0 Å². The summed E-state index contributed by atoms with van der Waals surface area (Å²) >= 11 is 1.85. The third kappa shape index (κ3) is 2.63. The van der Waals surface area contributed by atoms with Crippen LogP contribution in [-0.4, -0.2) is 19.8 Å². The van der Waals surface area contributed by atoms with E-state index in [0.29, 0.717) is 6.04 Å². The van der Waals surface area contributed by atoms with Crippen LogP contribution in [0.25, 0.3) is 0 Å². The SMILES string of the molecule is CNC(c1sccc1C)C1(OC)CCCCCC1. The van der Waals surface area contributed by atoms with Crippen LogP contribution in [0.5, 0.6) is 0 Å². The molecule has 1 saturated carbocycles. The molecule has 1 fully saturated rings. The first kappa shape index (κ1) is 14.0. The highest BCUT2D eigenvalue weighted by Crippen LogP contribution is 2.42. The lowest BCUT2D eigenvalue weighted by atomic mass is 9.84. The number of methoxy groups -OCH3 is 1. The summed E-state index contributed by atoms with van der Waals surface area (Å²) in [5.74, 6) is 0. The van der Waals surface area contributed by atoms with Gasteiger partial charge >= 0.3 is 0 Å². The van der Waals surface area contributed by atoms with Gasteiger partial charge in [-0.15, -0.1) is 11.3 Å². The van der Waals surface area contributed by atoms with Gasteiger partial charge in [0.25, 0.3) is 0 Å². The van der Waals surface area contributed by atoms with Crippen LogP contribution in [-0.2, 0) is 4.74 Å². The normalized spacial score (nSPS) is 21.5. The van der Waals surface area contributed by atoms with Crippen molar-refractivity contribution in [1.29, 1.82) is 0 Å². The second-order valence-corrected chi connectivity index (χ2v) is 6.32. The lowest BCUT2D eigenvalue weighted by molar-refractivity contribution is -0.0515. The largest absolute Gasteiger partial charge is 0.376 e. The van der Waals surface area contributed by atoms with Crippen molar-refractivity contribution in [2.24, 2.45) is 0 Å². The monoisotopic (exact) mass is 267 g/mol. The van der Waals surface area contributed by atoms with Crippen molar-refractivity contribution in [1.82, 2.24) is 5.32 Å². The van der Waals surface area contributed by atoms with E-state index < -0.39 is 0 Å². The predicted octanol–water partition coefficient (Wildman–Crippen LogP) is 4.06. The van der Waals surface area contributed by atoms with Gasteiger partial charge in [0.1, 0.15) is 0 Å². The molecule has 2 nitrogen and oxygen atoms in total. The van der Waals surface area contributed by atoms with Crippen LogP contribution in [0.1, 0.15) is 55.0 Å². The number of rotatable bonds is 4. The quantitative estimate of drug-likeness (QED) is 0.831. The van der Waals surface area contributed by atoms with E-state index in [1.165, 1.54) is 49.0 Å². The Labute approximate surface area is 115 Å². The van der Waals surface area contributed by atoms with Crippen molar-refractivity contribution in [2.75, 3.05) is 14.2 Å². The topological polar surface area (TPSA) is 21.3 Å². The van der Waals surface area contributed by atoms with E-state index >= 15 is 0 Å². The molecular weight excluding hydrogens is 242 g/mol. The molecule has 0 aromatic carbocycles. The van der Waals surface area contributed by atoms with Crippen LogP contribution >= 0.6 is 11.3 Å². The summed E-state index contributed by atoms with van der Waals surface area (Å²) in [6, 6.07) is 2.55. The zero-order chi connectivity index (χ0) is 13.0. The molecule has 0 radical (unpaired) electrons. The van der Waals surface area contributed by atoms with Crippen LogP contribution in [0.2, 0.25) is 0 Å². The molecule has 1 aromatic rings. The van der Waals surface area contributed by atoms with Gasteiger partial charge in [-0.1, -0.05) is 25.7 Å². The molecule has 1 atom stereocenters. The molecule has 0 spiro atoms. The standard InChI is InChI=1S/C15H25NOS/c1-12-8-11-18-13(12)14(16-2)15(17-3)9-6-4-5-7-10-15/h8,11,14,16H,4-7,9-10H2,1-3H3.